The molecule has 0 radical (unpaired) electrons. The number of aromatic amines is 1. The molecule has 3 unspecified atom stereocenters. The van der Waals surface area contributed by atoms with Gasteiger partial charge < -0.3 is 4.57 Å². The molecule has 76 valence electrons. The van der Waals surface area contributed by atoms with Crippen molar-refractivity contribution in [2.75, 3.05) is 0 Å². The summed E-state index contributed by atoms with van der Waals surface area (Å²) in [7, 11) is 0. The molecule has 1 saturated carbocycles. The molecule has 0 spiro atoms. The average molecular weight is 210 g/mol. The summed E-state index contributed by atoms with van der Waals surface area (Å²) in [4.78, 5) is 13.6. The molecule has 1 aromatic heterocycles. The Hall–Kier alpha value is -0.900. The van der Waals surface area contributed by atoms with E-state index in [2.05, 4.69) is 18.8 Å². The molecule has 0 bridgehead atoms. The lowest BCUT2D eigenvalue weighted by Crippen LogP contribution is -2.35. The molecule has 14 heavy (non-hydrogen) atoms. The van der Waals surface area contributed by atoms with Crippen molar-refractivity contribution in [3.63, 3.8) is 0 Å². The number of nitrogens with zero attached hydrogens (tertiary/aromatic N) is 1. The average Bonchev–Trinajstić information content (AvgIpc) is 2.15. The maximum Gasteiger partial charge on any atom is 0.251 e. The fourth-order valence-electron chi connectivity index (χ4n) is 2.05. The Bertz CT molecular complexity index is 448. The summed E-state index contributed by atoms with van der Waals surface area (Å²) in [5, 5.41) is 0. The summed E-state index contributed by atoms with van der Waals surface area (Å²) in [6.45, 7) is 4.47. The lowest BCUT2D eigenvalue weighted by molar-refractivity contribution is 0.109. The fourth-order valence-corrected chi connectivity index (χ4v) is 2.35. The topological polar surface area (TPSA) is 37.8 Å². The number of H-pyrrole nitrogens is 1. The van der Waals surface area contributed by atoms with Crippen LogP contribution in [0.5, 0.6) is 0 Å². The van der Waals surface area contributed by atoms with Crippen LogP contribution in [0.25, 0.3) is 0 Å². The van der Waals surface area contributed by atoms with Crippen LogP contribution in [-0.2, 0) is 0 Å². The number of hydrogen-bond acceptors (Lipinski definition) is 2. The second-order valence-corrected chi connectivity index (χ2v) is 4.54. The van der Waals surface area contributed by atoms with Crippen LogP contribution in [0.4, 0.5) is 0 Å². The van der Waals surface area contributed by atoms with Gasteiger partial charge in [0.2, 0.25) is 0 Å². The van der Waals surface area contributed by atoms with E-state index in [1.165, 1.54) is 6.07 Å². The maximum absolute atomic E-state index is 11.0. The lowest BCUT2D eigenvalue weighted by atomic mass is 9.71. The highest BCUT2D eigenvalue weighted by Crippen LogP contribution is 2.42. The van der Waals surface area contributed by atoms with Crippen LogP contribution in [0.15, 0.2) is 17.1 Å². The molecule has 1 aliphatic rings. The van der Waals surface area contributed by atoms with Crippen molar-refractivity contribution in [3.05, 3.63) is 27.4 Å². The molecule has 0 aromatic carbocycles. The van der Waals surface area contributed by atoms with Crippen molar-refractivity contribution >= 4 is 12.2 Å². The molecule has 1 fully saturated rings. The first-order valence-electron chi connectivity index (χ1n) is 4.91. The second-order valence-electron chi connectivity index (χ2n) is 4.16. The van der Waals surface area contributed by atoms with Crippen molar-refractivity contribution in [1.29, 1.82) is 0 Å². The van der Waals surface area contributed by atoms with E-state index in [1.54, 1.807) is 6.20 Å². The monoisotopic (exact) mass is 210 g/mol. The van der Waals surface area contributed by atoms with Crippen LogP contribution >= 0.6 is 12.2 Å². The summed E-state index contributed by atoms with van der Waals surface area (Å²) < 4.78 is 2.54. The minimum absolute atomic E-state index is 0.119. The Morgan fingerprint density at radius 1 is 1.57 bits per heavy atom. The van der Waals surface area contributed by atoms with Crippen LogP contribution in [0.2, 0.25) is 0 Å². The zero-order chi connectivity index (χ0) is 10.3. The quantitative estimate of drug-likeness (QED) is 0.721. The van der Waals surface area contributed by atoms with Crippen LogP contribution in [0.1, 0.15) is 26.3 Å². The van der Waals surface area contributed by atoms with Gasteiger partial charge in [-0.1, -0.05) is 13.8 Å². The van der Waals surface area contributed by atoms with Crippen LogP contribution in [-0.4, -0.2) is 9.55 Å². The SMILES string of the molecule is CC1CC(n2ccc(=O)[nH]c2=S)C1C. The molecule has 1 aromatic rings. The van der Waals surface area contributed by atoms with Gasteiger partial charge in [0.1, 0.15) is 0 Å². The van der Waals surface area contributed by atoms with E-state index in [9.17, 15) is 4.79 Å². The van der Waals surface area contributed by atoms with Gasteiger partial charge in [-0.15, -0.1) is 0 Å². The van der Waals surface area contributed by atoms with E-state index in [1.807, 2.05) is 4.57 Å². The Balaban J connectivity index is 2.35. The first-order valence-corrected chi connectivity index (χ1v) is 5.32. The molecule has 1 N–H and O–H groups in total. The van der Waals surface area contributed by atoms with E-state index in [0.717, 1.165) is 12.3 Å². The predicted octanol–water partition coefficient (Wildman–Crippen LogP) is 2.12. The number of nitrogens with one attached hydrogen (secondary N) is 1. The summed E-state index contributed by atoms with van der Waals surface area (Å²) in [5.74, 6) is 1.40. The summed E-state index contributed by atoms with van der Waals surface area (Å²) in [5.41, 5.74) is -0.119. The first-order chi connectivity index (χ1) is 6.59. The maximum atomic E-state index is 11.0. The molecular weight excluding hydrogens is 196 g/mol. The largest absolute Gasteiger partial charge is 0.322 e. The Morgan fingerprint density at radius 3 is 2.79 bits per heavy atom. The van der Waals surface area contributed by atoms with Crippen LogP contribution < -0.4 is 5.56 Å². The van der Waals surface area contributed by atoms with Gasteiger partial charge in [-0.25, -0.2) is 0 Å². The van der Waals surface area contributed by atoms with Crippen molar-refractivity contribution in [2.45, 2.75) is 26.3 Å². The summed E-state index contributed by atoms with van der Waals surface area (Å²) in [6, 6.07) is 2.00. The summed E-state index contributed by atoms with van der Waals surface area (Å²) >= 11 is 5.11. The number of rotatable bonds is 1. The summed E-state index contributed by atoms with van der Waals surface area (Å²) in [6.07, 6.45) is 2.95. The molecule has 0 saturated heterocycles. The third-order valence-corrected chi connectivity index (χ3v) is 3.64. The van der Waals surface area contributed by atoms with Crippen molar-refractivity contribution in [2.24, 2.45) is 11.8 Å². The molecule has 0 aliphatic heterocycles. The van der Waals surface area contributed by atoms with E-state index in [-0.39, 0.29) is 5.56 Å². The molecule has 2 rings (SSSR count). The Kier molecular flexibility index (Phi) is 2.31. The van der Waals surface area contributed by atoms with Gasteiger partial charge in [-0.3, -0.25) is 9.78 Å². The molecule has 4 heteroatoms. The highest BCUT2D eigenvalue weighted by atomic mass is 32.1. The molecule has 0 amide bonds. The van der Waals surface area contributed by atoms with Crippen molar-refractivity contribution in [3.8, 4) is 0 Å². The highest BCUT2D eigenvalue weighted by Gasteiger charge is 2.35. The van der Waals surface area contributed by atoms with Crippen LogP contribution in [0, 0.1) is 16.6 Å². The number of hydrogen-bond donors (Lipinski definition) is 1. The van der Waals surface area contributed by atoms with E-state index in [4.69, 9.17) is 12.2 Å². The van der Waals surface area contributed by atoms with E-state index in [0.29, 0.717) is 16.7 Å². The predicted molar refractivity (Wildman–Crippen MR) is 57.9 cm³/mol. The third kappa shape index (κ3) is 1.43. The zero-order valence-electron chi connectivity index (χ0n) is 8.36. The molecular formula is C10H14N2OS. The molecule has 3 atom stereocenters. The van der Waals surface area contributed by atoms with Crippen molar-refractivity contribution in [1.82, 2.24) is 9.55 Å². The van der Waals surface area contributed by atoms with Crippen LogP contribution in [0.3, 0.4) is 0 Å². The zero-order valence-corrected chi connectivity index (χ0v) is 9.17. The van der Waals surface area contributed by atoms with Gasteiger partial charge in [-0.2, -0.15) is 0 Å². The van der Waals surface area contributed by atoms with Gasteiger partial charge in [-0.05, 0) is 30.5 Å². The van der Waals surface area contributed by atoms with Gasteiger partial charge >= 0.3 is 0 Å². The molecule has 3 nitrogen and oxygen atoms in total. The molecule has 1 aliphatic carbocycles. The van der Waals surface area contributed by atoms with Gasteiger partial charge in [0, 0.05) is 18.3 Å². The van der Waals surface area contributed by atoms with Gasteiger partial charge in [0.25, 0.3) is 5.56 Å². The minimum atomic E-state index is -0.119. The third-order valence-electron chi connectivity index (χ3n) is 3.33. The van der Waals surface area contributed by atoms with Gasteiger partial charge in [0.15, 0.2) is 4.77 Å². The highest BCUT2D eigenvalue weighted by molar-refractivity contribution is 7.71. The van der Waals surface area contributed by atoms with E-state index < -0.39 is 0 Å². The Morgan fingerprint density at radius 2 is 2.29 bits per heavy atom. The first kappa shape index (κ1) is 9.65. The normalized spacial score (nSPS) is 31.1. The van der Waals surface area contributed by atoms with Crippen molar-refractivity contribution < 1.29 is 0 Å². The molecule has 1 heterocycles. The lowest BCUT2D eigenvalue weighted by Gasteiger charge is -2.42. The number of aromatic nitrogens is 2. The standard InChI is InChI=1S/C10H14N2OS/c1-6-5-8(7(6)2)12-4-3-9(13)11-10(12)14/h3-4,6-8H,5H2,1-2H3,(H,11,13,14). The van der Waals surface area contributed by atoms with E-state index >= 15 is 0 Å². The Labute approximate surface area is 87.8 Å². The second kappa shape index (κ2) is 3.35. The minimum Gasteiger partial charge on any atom is -0.322 e. The smallest absolute Gasteiger partial charge is 0.251 e. The fraction of sp³-hybridized carbons (Fsp3) is 0.600. The van der Waals surface area contributed by atoms with Gasteiger partial charge in [0.05, 0.1) is 0 Å².